The second-order valence-electron chi connectivity index (χ2n) is 5.54. The summed E-state index contributed by atoms with van der Waals surface area (Å²) in [5, 5.41) is 0. The summed E-state index contributed by atoms with van der Waals surface area (Å²) in [6.07, 6.45) is 2.79. The lowest BCUT2D eigenvalue weighted by Crippen LogP contribution is -2.31. The summed E-state index contributed by atoms with van der Waals surface area (Å²) >= 11 is 0. The van der Waals surface area contributed by atoms with Gasteiger partial charge >= 0.3 is 0 Å². The molecule has 1 heterocycles. The normalized spacial score (nSPS) is 11.3. The Hall–Kier alpha value is -1.49. The van der Waals surface area contributed by atoms with E-state index in [-0.39, 0.29) is 11.9 Å². The molecule has 108 valence electrons. The number of anilines is 1. The highest BCUT2D eigenvalue weighted by molar-refractivity contribution is 5.93. The summed E-state index contributed by atoms with van der Waals surface area (Å²) in [6.45, 7) is 5.82. The van der Waals surface area contributed by atoms with E-state index in [2.05, 4.69) is 4.90 Å². The molecule has 0 saturated heterocycles. The highest BCUT2D eigenvalue weighted by atomic mass is 16.2. The average Bonchev–Trinajstić information content (AvgIpc) is 2.69. The molecule has 0 fully saturated rings. The molecule has 0 aliphatic carbocycles. The third-order valence-electron chi connectivity index (χ3n) is 3.09. The Morgan fingerprint density at radius 2 is 1.95 bits per heavy atom. The van der Waals surface area contributed by atoms with Crippen molar-refractivity contribution in [2.75, 3.05) is 40.0 Å². The van der Waals surface area contributed by atoms with Crippen molar-refractivity contribution in [1.29, 1.82) is 0 Å². The summed E-state index contributed by atoms with van der Waals surface area (Å²) < 4.78 is 1.93. The maximum absolute atomic E-state index is 12.4. The summed E-state index contributed by atoms with van der Waals surface area (Å²) in [5.74, 6) is 0.0316. The number of carbonyl (C=O) groups is 1. The number of nitrogens with zero attached hydrogens (tertiary/aromatic N) is 3. The Balaban J connectivity index is 2.71. The van der Waals surface area contributed by atoms with Gasteiger partial charge in [-0.25, -0.2) is 0 Å². The van der Waals surface area contributed by atoms with Gasteiger partial charge in [-0.15, -0.1) is 0 Å². The number of nitrogen functional groups attached to an aromatic ring is 1. The highest BCUT2D eigenvalue weighted by Gasteiger charge is 2.18. The van der Waals surface area contributed by atoms with E-state index in [0.717, 1.165) is 19.5 Å². The molecule has 0 aromatic carbocycles. The Morgan fingerprint density at radius 3 is 2.47 bits per heavy atom. The number of rotatable bonds is 6. The fourth-order valence-electron chi connectivity index (χ4n) is 2.02. The molecule has 1 amide bonds. The van der Waals surface area contributed by atoms with Gasteiger partial charge in [0, 0.05) is 25.8 Å². The van der Waals surface area contributed by atoms with Crippen LogP contribution in [0.15, 0.2) is 12.3 Å². The van der Waals surface area contributed by atoms with Crippen LogP contribution < -0.4 is 5.73 Å². The van der Waals surface area contributed by atoms with Gasteiger partial charge in [-0.2, -0.15) is 0 Å². The van der Waals surface area contributed by atoms with Crippen LogP contribution >= 0.6 is 0 Å². The minimum atomic E-state index is 0.0316. The van der Waals surface area contributed by atoms with E-state index in [9.17, 15) is 4.79 Å². The van der Waals surface area contributed by atoms with Crippen LogP contribution in [0.4, 0.5) is 5.69 Å². The monoisotopic (exact) mass is 266 g/mol. The van der Waals surface area contributed by atoms with Crippen molar-refractivity contribution in [2.45, 2.75) is 26.3 Å². The van der Waals surface area contributed by atoms with Crippen LogP contribution in [0.2, 0.25) is 0 Å². The van der Waals surface area contributed by atoms with E-state index in [1.165, 1.54) is 0 Å². The van der Waals surface area contributed by atoms with Gasteiger partial charge in [0.2, 0.25) is 0 Å². The molecule has 0 aliphatic rings. The van der Waals surface area contributed by atoms with E-state index >= 15 is 0 Å². The number of aromatic nitrogens is 1. The Kier molecular flexibility index (Phi) is 5.42. The first-order valence-electron chi connectivity index (χ1n) is 6.70. The Labute approximate surface area is 116 Å². The van der Waals surface area contributed by atoms with Crippen LogP contribution in [0.3, 0.4) is 0 Å². The molecule has 1 aromatic rings. The van der Waals surface area contributed by atoms with Gasteiger partial charge in [0.15, 0.2) is 0 Å². The quantitative estimate of drug-likeness (QED) is 0.852. The van der Waals surface area contributed by atoms with Crippen LogP contribution in [0.1, 0.15) is 36.8 Å². The van der Waals surface area contributed by atoms with Gasteiger partial charge in [-0.1, -0.05) is 0 Å². The molecule has 19 heavy (non-hydrogen) atoms. The second kappa shape index (κ2) is 6.61. The van der Waals surface area contributed by atoms with Crippen LogP contribution in [0, 0.1) is 0 Å². The predicted octanol–water partition coefficient (Wildman–Crippen LogP) is 1.67. The lowest BCUT2D eigenvalue weighted by atomic mass is 10.3. The number of hydrogen-bond acceptors (Lipinski definition) is 3. The molecule has 5 heteroatoms. The first kappa shape index (κ1) is 15.6. The summed E-state index contributed by atoms with van der Waals surface area (Å²) in [7, 11) is 5.91. The zero-order valence-corrected chi connectivity index (χ0v) is 12.7. The topological polar surface area (TPSA) is 54.5 Å². The molecule has 1 aromatic heterocycles. The van der Waals surface area contributed by atoms with E-state index in [0.29, 0.717) is 11.4 Å². The summed E-state index contributed by atoms with van der Waals surface area (Å²) in [6, 6.07) is 1.98. The van der Waals surface area contributed by atoms with Gasteiger partial charge in [0.1, 0.15) is 5.69 Å². The smallest absolute Gasteiger partial charge is 0.270 e. The molecule has 5 nitrogen and oxygen atoms in total. The number of carbonyl (C=O) groups excluding carboxylic acids is 1. The van der Waals surface area contributed by atoms with E-state index in [1.54, 1.807) is 11.0 Å². The van der Waals surface area contributed by atoms with E-state index < -0.39 is 0 Å². The Bertz CT molecular complexity index is 423. The fourth-order valence-corrected chi connectivity index (χ4v) is 2.02. The van der Waals surface area contributed by atoms with Crippen molar-refractivity contribution in [3.05, 3.63) is 18.0 Å². The van der Waals surface area contributed by atoms with Crippen LogP contribution in [0.5, 0.6) is 0 Å². The van der Waals surface area contributed by atoms with Crippen molar-refractivity contribution < 1.29 is 4.79 Å². The predicted molar refractivity (Wildman–Crippen MR) is 79.4 cm³/mol. The third kappa shape index (κ3) is 4.28. The van der Waals surface area contributed by atoms with Crippen LogP contribution in [0.25, 0.3) is 0 Å². The van der Waals surface area contributed by atoms with Gasteiger partial charge in [0.25, 0.3) is 5.91 Å². The molecule has 0 radical (unpaired) electrons. The largest absolute Gasteiger partial charge is 0.397 e. The van der Waals surface area contributed by atoms with Crippen molar-refractivity contribution in [1.82, 2.24) is 14.4 Å². The Morgan fingerprint density at radius 1 is 1.32 bits per heavy atom. The molecule has 0 bridgehead atoms. The summed E-state index contributed by atoms with van der Waals surface area (Å²) in [5.41, 5.74) is 7.10. The average molecular weight is 266 g/mol. The first-order valence-corrected chi connectivity index (χ1v) is 6.70. The van der Waals surface area contributed by atoms with E-state index in [4.69, 9.17) is 5.73 Å². The third-order valence-corrected chi connectivity index (χ3v) is 3.09. The van der Waals surface area contributed by atoms with Gasteiger partial charge in [-0.3, -0.25) is 4.79 Å². The molecule has 0 atom stereocenters. The summed E-state index contributed by atoms with van der Waals surface area (Å²) in [4.78, 5) is 16.3. The highest BCUT2D eigenvalue weighted by Crippen LogP contribution is 2.17. The zero-order chi connectivity index (χ0) is 14.6. The molecular formula is C14H26N4O. The lowest BCUT2D eigenvalue weighted by molar-refractivity contribution is 0.0778. The number of amides is 1. The first-order chi connectivity index (χ1) is 8.82. The van der Waals surface area contributed by atoms with Crippen molar-refractivity contribution in [3.8, 4) is 0 Å². The molecule has 0 spiro atoms. The van der Waals surface area contributed by atoms with Crippen molar-refractivity contribution in [3.63, 3.8) is 0 Å². The minimum absolute atomic E-state index is 0.0316. The van der Waals surface area contributed by atoms with Gasteiger partial charge in [0.05, 0.1) is 5.69 Å². The number of nitrogens with two attached hydrogens (primary N) is 1. The zero-order valence-electron chi connectivity index (χ0n) is 12.7. The van der Waals surface area contributed by atoms with Crippen LogP contribution in [-0.4, -0.2) is 54.5 Å². The fraction of sp³-hybridized carbons (Fsp3) is 0.643. The van der Waals surface area contributed by atoms with E-state index in [1.807, 2.05) is 45.8 Å². The molecule has 1 rings (SSSR count). The second-order valence-corrected chi connectivity index (χ2v) is 5.54. The SMILES string of the molecule is CC(C)n1cc(N)cc1C(=O)N(C)CCCN(C)C. The molecule has 2 N–H and O–H groups in total. The lowest BCUT2D eigenvalue weighted by Gasteiger charge is -2.20. The standard InChI is InChI=1S/C14H26N4O/c1-11(2)18-10-12(15)9-13(18)14(19)17(5)8-6-7-16(3)4/h9-11H,6-8,15H2,1-5H3. The van der Waals surface area contributed by atoms with Gasteiger partial charge in [-0.05, 0) is 47.0 Å². The minimum Gasteiger partial charge on any atom is -0.397 e. The molecule has 0 aliphatic heterocycles. The van der Waals surface area contributed by atoms with Crippen molar-refractivity contribution in [2.24, 2.45) is 0 Å². The maximum atomic E-state index is 12.4. The molecule has 0 saturated carbocycles. The van der Waals surface area contributed by atoms with Crippen LogP contribution in [-0.2, 0) is 0 Å². The van der Waals surface area contributed by atoms with Gasteiger partial charge < -0.3 is 20.1 Å². The maximum Gasteiger partial charge on any atom is 0.270 e. The van der Waals surface area contributed by atoms with Crippen molar-refractivity contribution >= 4 is 11.6 Å². The number of hydrogen-bond donors (Lipinski definition) is 1. The molecular weight excluding hydrogens is 240 g/mol. The molecule has 0 unspecified atom stereocenters.